The van der Waals surface area contributed by atoms with Gasteiger partial charge in [0.1, 0.15) is 11.1 Å². The van der Waals surface area contributed by atoms with E-state index in [2.05, 4.69) is 33.9 Å². The molecule has 1 atom stereocenters. The molecule has 21 heavy (non-hydrogen) atoms. The van der Waals surface area contributed by atoms with E-state index in [1.807, 2.05) is 30.5 Å². The third-order valence-electron chi connectivity index (χ3n) is 3.81. The van der Waals surface area contributed by atoms with Crippen LogP contribution < -0.4 is 0 Å². The molecular weight excluding hydrogens is 344 g/mol. The van der Waals surface area contributed by atoms with E-state index in [0.29, 0.717) is 5.92 Å². The number of nitrogens with zero attached hydrogens (tertiary/aromatic N) is 2. The third kappa shape index (κ3) is 3.09. The first-order chi connectivity index (χ1) is 10.2. The van der Waals surface area contributed by atoms with Crippen LogP contribution in [0.1, 0.15) is 34.9 Å². The molecule has 2 nitrogen and oxygen atoms in total. The molecule has 0 spiro atoms. The minimum absolute atomic E-state index is 0.714. The maximum absolute atomic E-state index is 9.44. The SMILES string of the molecule is CC1CCc2c(sc(N=Cc3ccc(Br)cc3)c2C#N)C1. The van der Waals surface area contributed by atoms with E-state index < -0.39 is 0 Å². The molecule has 106 valence electrons. The molecule has 1 aromatic heterocycles. The van der Waals surface area contributed by atoms with Gasteiger partial charge in [-0.1, -0.05) is 35.0 Å². The number of rotatable bonds is 2. The number of halogens is 1. The molecule has 0 saturated heterocycles. The Balaban J connectivity index is 1.92. The fourth-order valence-corrected chi connectivity index (χ4v) is 4.19. The fourth-order valence-electron chi connectivity index (χ4n) is 2.62. The summed E-state index contributed by atoms with van der Waals surface area (Å²) in [6.07, 6.45) is 5.12. The van der Waals surface area contributed by atoms with Crippen molar-refractivity contribution in [3.63, 3.8) is 0 Å². The van der Waals surface area contributed by atoms with Crippen LogP contribution in [0.15, 0.2) is 33.7 Å². The normalized spacial score (nSPS) is 17.7. The first-order valence-electron chi connectivity index (χ1n) is 7.01. The summed E-state index contributed by atoms with van der Waals surface area (Å²) in [4.78, 5) is 5.92. The second-order valence-electron chi connectivity index (χ2n) is 5.45. The Morgan fingerprint density at radius 1 is 1.38 bits per heavy atom. The maximum Gasteiger partial charge on any atom is 0.134 e. The van der Waals surface area contributed by atoms with E-state index in [1.165, 1.54) is 16.9 Å². The van der Waals surface area contributed by atoms with E-state index in [0.717, 1.165) is 33.4 Å². The van der Waals surface area contributed by atoms with Gasteiger partial charge < -0.3 is 0 Å². The fraction of sp³-hybridized carbons (Fsp3) is 0.294. The summed E-state index contributed by atoms with van der Waals surface area (Å²) in [6, 6.07) is 10.4. The lowest BCUT2D eigenvalue weighted by atomic mass is 9.89. The number of fused-ring (bicyclic) bond motifs is 1. The first kappa shape index (κ1) is 14.5. The Morgan fingerprint density at radius 2 is 2.14 bits per heavy atom. The highest BCUT2D eigenvalue weighted by molar-refractivity contribution is 9.10. The summed E-state index contributed by atoms with van der Waals surface area (Å²) < 4.78 is 1.05. The summed E-state index contributed by atoms with van der Waals surface area (Å²) in [6.45, 7) is 2.28. The molecule has 1 aliphatic rings. The molecule has 0 bridgehead atoms. The topological polar surface area (TPSA) is 36.1 Å². The molecule has 0 amide bonds. The van der Waals surface area contributed by atoms with E-state index in [9.17, 15) is 5.26 Å². The van der Waals surface area contributed by atoms with Gasteiger partial charge in [-0.05, 0) is 48.4 Å². The molecule has 0 fully saturated rings. The van der Waals surface area contributed by atoms with Gasteiger partial charge in [0.25, 0.3) is 0 Å². The highest BCUT2D eigenvalue weighted by atomic mass is 79.9. The van der Waals surface area contributed by atoms with Crippen LogP contribution in [0, 0.1) is 17.2 Å². The average Bonchev–Trinajstić information content (AvgIpc) is 2.83. The van der Waals surface area contributed by atoms with Gasteiger partial charge in [-0.25, -0.2) is 4.99 Å². The lowest BCUT2D eigenvalue weighted by molar-refractivity contribution is 0.507. The van der Waals surface area contributed by atoms with Gasteiger partial charge in [0.2, 0.25) is 0 Å². The monoisotopic (exact) mass is 358 g/mol. The van der Waals surface area contributed by atoms with Gasteiger partial charge in [-0.2, -0.15) is 5.26 Å². The summed E-state index contributed by atoms with van der Waals surface area (Å²) in [7, 11) is 0. The largest absolute Gasteiger partial charge is 0.244 e. The number of aliphatic imine (C=N–C) groups is 1. The summed E-state index contributed by atoms with van der Waals surface area (Å²) in [5.41, 5.74) is 3.07. The van der Waals surface area contributed by atoms with Crippen LogP contribution in [-0.4, -0.2) is 6.21 Å². The standard InChI is InChI=1S/C17H15BrN2S/c1-11-2-7-14-15(9-19)17(21-16(14)8-11)20-10-12-3-5-13(18)6-4-12/h3-6,10-11H,2,7-8H2,1H3. The summed E-state index contributed by atoms with van der Waals surface area (Å²) in [5, 5.41) is 10.3. The lowest BCUT2D eigenvalue weighted by Crippen LogP contribution is -2.09. The van der Waals surface area contributed by atoms with Gasteiger partial charge in [0.15, 0.2) is 0 Å². The van der Waals surface area contributed by atoms with Crippen molar-refractivity contribution in [2.75, 3.05) is 0 Å². The Bertz CT molecular complexity index is 722. The van der Waals surface area contributed by atoms with Crippen LogP contribution in [-0.2, 0) is 12.8 Å². The zero-order valence-corrected chi connectivity index (χ0v) is 14.2. The molecule has 0 N–H and O–H groups in total. The maximum atomic E-state index is 9.44. The highest BCUT2D eigenvalue weighted by Crippen LogP contribution is 2.40. The van der Waals surface area contributed by atoms with Gasteiger partial charge >= 0.3 is 0 Å². The van der Waals surface area contributed by atoms with Crippen LogP contribution in [0.5, 0.6) is 0 Å². The van der Waals surface area contributed by atoms with E-state index in [4.69, 9.17) is 0 Å². The van der Waals surface area contributed by atoms with E-state index in [-0.39, 0.29) is 0 Å². The molecular formula is C17H15BrN2S. The molecule has 0 radical (unpaired) electrons. The molecule has 0 saturated carbocycles. The van der Waals surface area contributed by atoms with Crippen LogP contribution in [0.2, 0.25) is 0 Å². The molecule has 4 heteroatoms. The van der Waals surface area contributed by atoms with Crippen LogP contribution in [0.3, 0.4) is 0 Å². The Morgan fingerprint density at radius 3 is 2.86 bits per heavy atom. The van der Waals surface area contributed by atoms with E-state index in [1.54, 1.807) is 11.3 Å². The van der Waals surface area contributed by atoms with Crippen molar-refractivity contribution in [2.45, 2.75) is 26.2 Å². The highest BCUT2D eigenvalue weighted by Gasteiger charge is 2.23. The molecule has 0 aliphatic heterocycles. The molecule has 1 aromatic carbocycles. The van der Waals surface area contributed by atoms with Crippen LogP contribution in [0.4, 0.5) is 5.00 Å². The number of hydrogen-bond acceptors (Lipinski definition) is 3. The predicted octanol–water partition coefficient (Wildman–Crippen LogP) is 5.26. The molecule has 2 aromatic rings. The van der Waals surface area contributed by atoms with Crippen molar-refractivity contribution >= 4 is 38.5 Å². The number of thiophene rings is 1. The number of benzene rings is 1. The first-order valence-corrected chi connectivity index (χ1v) is 8.62. The van der Waals surface area contributed by atoms with E-state index >= 15 is 0 Å². The van der Waals surface area contributed by atoms with Crippen molar-refractivity contribution in [1.29, 1.82) is 5.26 Å². The van der Waals surface area contributed by atoms with Gasteiger partial charge in [-0.15, -0.1) is 11.3 Å². The Kier molecular flexibility index (Phi) is 4.23. The molecule has 3 rings (SSSR count). The summed E-state index contributed by atoms with van der Waals surface area (Å²) in [5.74, 6) is 0.714. The quantitative estimate of drug-likeness (QED) is 0.674. The minimum atomic E-state index is 0.714. The van der Waals surface area contributed by atoms with Crippen molar-refractivity contribution in [2.24, 2.45) is 10.9 Å². The molecule has 1 heterocycles. The van der Waals surface area contributed by atoms with Crippen LogP contribution >= 0.6 is 27.3 Å². The Labute approximate surface area is 137 Å². The molecule has 1 unspecified atom stereocenters. The minimum Gasteiger partial charge on any atom is -0.244 e. The van der Waals surface area contributed by atoms with Crippen LogP contribution in [0.25, 0.3) is 0 Å². The predicted molar refractivity (Wildman–Crippen MR) is 91.6 cm³/mol. The number of nitriles is 1. The second-order valence-corrected chi connectivity index (χ2v) is 7.45. The zero-order chi connectivity index (χ0) is 14.8. The number of hydrogen-bond donors (Lipinski definition) is 0. The van der Waals surface area contributed by atoms with Crippen molar-refractivity contribution < 1.29 is 0 Å². The summed E-state index contributed by atoms with van der Waals surface area (Å²) >= 11 is 5.11. The van der Waals surface area contributed by atoms with Crippen molar-refractivity contribution in [3.05, 3.63) is 50.3 Å². The third-order valence-corrected chi connectivity index (χ3v) is 5.50. The van der Waals surface area contributed by atoms with Gasteiger partial charge in [0.05, 0.1) is 5.56 Å². The van der Waals surface area contributed by atoms with Gasteiger partial charge in [0, 0.05) is 15.6 Å². The van der Waals surface area contributed by atoms with Crippen molar-refractivity contribution in [3.8, 4) is 6.07 Å². The lowest BCUT2D eigenvalue weighted by Gasteiger charge is -2.17. The smallest absolute Gasteiger partial charge is 0.134 e. The second kappa shape index (κ2) is 6.13. The molecule has 1 aliphatic carbocycles. The Hall–Kier alpha value is -1.44. The van der Waals surface area contributed by atoms with Gasteiger partial charge in [-0.3, -0.25) is 0 Å². The van der Waals surface area contributed by atoms with Crippen molar-refractivity contribution in [1.82, 2.24) is 0 Å². The average molecular weight is 359 g/mol. The zero-order valence-electron chi connectivity index (χ0n) is 11.8.